The average molecular weight is 291 g/mol. The zero-order valence-electron chi connectivity index (χ0n) is 13.7. The minimum Gasteiger partial charge on any atom is -0.464 e. The van der Waals surface area contributed by atoms with Gasteiger partial charge in [0.25, 0.3) is 0 Å². The van der Waals surface area contributed by atoms with Crippen LogP contribution in [0, 0.1) is 13.8 Å². The number of nitrogens with zero attached hydrogens (tertiary/aromatic N) is 1. The molecule has 0 spiro atoms. The lowest BCUT2D eigenvalue weighted by Crippen LogP contribution is -2.41. The van der Waals surface area contributed by atoms with Crippen molar-refractivity contribution in [3.8, 4) is 0 Å². The van der Waals surface area contributed by atoms with E-state index in [1.165, 1.54) is 7.11 Å². The fourth-order valence-corrected chi connectivity index (χ4v) is 2.19. The Balaban J connectivity index is 2.46. The van der Waals surface area contributed by atoms with Crippen molar-refractivity contribution in [1.82, 2.24) is 4.98 Å². The first-order valence-corrected chi connectivity index (χ1v) is 7.01. The van der Waals surface area contributed by atoms with Crippen LogP contribution < -0.4 is 5.46 Å². The van der Waals surface area contributed by atoms with E-state index < -0.39 is 24.3 Å². The Morgan fingerprint density at radius 2 is 1.71 bits per heavy atom. The molecule has 1 fully saturated rings. The van der Waals surface area contributed by atoms with E-state index >= 15 is 0 Å². The van der Waals surface area contributed by atoms with Gasteiger partial charge in [-0.05, 0) is 58.6 Å². The molecule has 2 rings (SSSR count). The highest BCUT2D eigenvalue weighted by atomic mass is 16.7. The molecule has 1 aliphatic heterocycles. The van der Waals surface area contributed by atoms with Crippen molar-refractivity contribution in [2.75, 3.05) is 7.11 Å². The summed E-state index contributed by atoms with van der Waals surface area (Å²) in [6.45, 7) is 11.8. The predicted octanol–water partition coefficient (Wildman–Crippen LogP) is 1.78. The Labute approximate surface area is 126 Å². The molecule has 1 aliphatic rings. The van der Waals surface area contributed by atoms with E-state index in [1.54, 1.807) is 6.07 Å². The summed E-state index contributed by atoms with van der Waals surface area (Å²) < 4.78 is 16.9. The highest BCUT2D eigenvalue weighted by molar-refractivity contribution is 6.62. The van der Waals surface area contributed by atoms with Gasteiger partial charge >= 0.3 is 13.1 Å². The summed E-state index contributed by atoms with van der Waals surface area (Å²) in [5, 5.41) is 0. The number of carbonyl (C=O) groups is 1. The number of ether oxygens (including phenoxy) is 1. The van der Waals surface area contributed by atoms with Crippen LogP contribution in [0.3, 0.4) is 0 Å². The Kier molecular flexibility index (Phi) is 3.89. The first-order valence-electron chi connectivity index (χ1n) is 7.01. The molecule has 0 N–H and O–H groups in total. The van der Waals surface area contributed by atoms with Gasteiger partial charge in [0.15, 0.2) is 0 Å². The van der Waals surface area contributed by atoms with Crippen molar-refractivity contribution < 1.29 is 18.8 Å². The molecule has 6 heteroatoms. The molecule has 2 heterocycles. The molecule has 0 aliphatic carbocycles. The molecule has 0 atom stereocenters. The molecule has 0 aromatic carbocycles. The van der Waals surface area contributed by atoms with Crippen molar-refractivity contribution >= 4 is 18.6 Å². The average Bonchev–Trinajstić information content (AvgIpc) is 2.60. The zero-order valence-corrected chi connectivity index (χ0v) is 13.7. The van der Waals surface area contributed by atoms with Gasteiger partial charge in [-0.1, -0.05) is 0 Å². The maximum absolute atomic E-state index is 11.7. The van der Waals surface area contributed by atoms with Gasteiger partial charge < -0.3 is 14.0 Å². The van der Waals surface area contributed by atoms with Crippen molar-refractivity contribution in [1.29, 1.82) is 0 Å². The number of aryl methyl sites for hydroxylation is 1. The molecule has 0 saturated carbocycles. The molecule has 1 aromatic rings. The van der Waals surface area contributed by atoms with Gasteiger partial charge in [0.05, 0.1) is 18.3 Å². The van der Waals surface area contributed by atoms with Crippen LogP contribution in [0.4, 0.5) is 0 Å². The van der Waals surface area contributed by atoms with Gasteiger partial charge in [0, 0.05) is 5.69 Å². The van der Waals surface area contributed by atoms with Crippen LogP contribution in [0.2, 0.25) is 0 Å². The molecular weight excluding hydrogens is 269 g/mol. The molecule has 0 unspecified atom stereocenters. The SMILES string of the molecule is COC(=O)c1cc(B2OC(C)(C)C(C)(C)O2)c(C)c(C)n1. The third kappa shape index (κ3) is 2.70. The van der Waals surface area contributed by atoms with Crippen LogP contribution >= 0.6 is 0 Å². The van der Waals surface area contributed by atoms with E-state index in [4.69, 9.17) is 14.0 Å². The van der Waals surface area contributed by atoms with Crippen LogP contribution in [0.1, 0.15) is 49.4 Å². The molecule has 0 bridgehead atoms. The first-order chi connectivity index (χ1) is 9.59. The Bertz CT molecular complexity index is 567. The summed E-state index contributed by atoms with van der Waals surface area (Å²) >= 11 is 0. The number of methoxy groups -OCH3 is 1. The number of rotatable bonds is 2. The number of esters is 1. The maximum atomic E-state index is 11.7. The second-order valence-corrected chi connectivity index (χ2v) is 6.39. The highest BCUT2D eigenvalue weighted by Gasteiger charge is 2.52. The molecule has 5 nitrogen and oxygen atoms in total. The molecule has 1 aromatic heterocycles. The molecule has 1 saturated heterocycles. The standard InChI is InChI=1S/C15H22BNO4/c1-9-10(2)17-12(13(18)19-7)8-11(9)16-20-14(3,4)15(5,6)21-16/h8H,1-7H3. The van der Waals surface area contributed by atoms with Crippen LogP contribution in [0.25, 0.3) is 0 Å². The van der Waals surface area contributed by atoms with Crippen LogP contribution in [0.15, 0.2) is 6.07 Å². The lowest BCUT2D eigenvalue weighted by Gasteiger charge is -2.32. The lowest BCUT2D eigenvalue weighted by atomic mass is 9.75. The van der Waals surface area contributed by atoms with Gasteiger partial charge in [-0.3, -0.25) is 0 Å². The molecule has 0 amide bonds. The van der Waals surface area contributed by atoms with E-state index in [9.17, 15) is 4.79 Å². The fourth-order valence-electron chi connectivity index (χ4n) is 2.19. The van der Waals surface area contributed by atoms with Gasteiger partial charge in [0.1, 0.15) is 5.69 Å². The summed E-state index contributed by atoms with van der Waals surface area (Å²) in [5.74, 6) is -0.462. The van der Waals surface area contributed by atoms with Crippen molar-refractivity contribution in [3.05, 3.63) is 23.0 Å². The van der Waals surface area contributed by atoms with E-state index in [0.717, 1.165) is 16.7 Å². The second kappa shape index (κ2) is 5.11. The van der Waals surface area contributed by atoms with Crippen LogP contribution in [-0.2, 0) is 14.0 Å². The van der Waals surface area contributed by atoms with Gasteiger partial charge in [-0.2, -0.15) is 0 Å². The Hall–Kier alpha value is -1.40. The highest BCUT2D eigenvalue weighted by Crippen LogP contribution is 2.36. The minimum atomic E-state index is -0.514. The Morgan fingerprint density at radius 1 is 1.19 bits per heavy atom. The summed E-state index contributed by atoms with van der Waals surface area (Å²) in [5.41, 5.74) is 1.97. The largest absolute Gasteiger partial charge is 0.495 e. The number of hydrogen-bond donors (Lipinski definition) is 0. The van der Waals surface area contributed by atoms with Gasteiger partial charge in [-0.15, -0.1) is 0 Å². The summed E-state index contributed by atoms with van der Waals surface area (Å²) in [4.78, 5) is 16.0. The summed E-state index contributed by atoms with van der Waals surface area (Å²) in [6, 6.07) is 1.69. The van der Waals surface area contributed by atoms with Gasteiger partial charge in [0.2, 0.25) is 0 Å². The van der Waals surface area contributed by atoms with Gasteiger partial charge in [-0.25, -0.2) is 9.78 Å². The number of pyridine rings is 1. The number of carbonyl (C=O) groups excluding carboxylic acids is 1. The molecule has 21 heavy (non-hydrogen) atoms. The van der Waals surface area contributed by atoms with Crippen molar-refractivity contribution in [2.24, 2.45) is 0 Å². The van der Waals surface area contributed by atoms with E-state index in [0.29, 0.717) is 0 Å². The molecular formula is C15H22BNO4. The van der Waals surface area contributed by atoms with E-state index in [-0.39, 0.29) is 5.69 Å². The van der Waals surface area contributed by atoms with Crippen molar-refractivity contribution in [2.45, 2.75) is 52.7 Å². The van der Waals surface area contributed by atoms with Crippen LogP contribution in [-0.4, -0.2) is 36.4 Å². The summed E-state index contributed by atoms with van der Waals surface area (Å²) in [6.07, 6.45) is 0. The predicted molar refractivity (Wildman–Crippen MR) is 80.8 cm³/mol. The molecule has 0 radical (unpaired) electrons. The van der Waals surface area contributed by atoms with Crippen molar-refractivity contribution in [3.63, 3.8) is 0 Å². The maximum Gasteiger partial charge on any atom is 0.495 e. The van der Waals surface area contributed by atoms with E-state index in [1.807, 2.05) is 41.5 Å². The smallest absolute Gasteiger partial charge is 0.464 e. The third-order valence-corrected chi connectivity index (χ3v) is 4.46. The second-order valence-electron chi connectivity index (χ2n) is 6.39. The van der Waals surface area contributed by atoms with Crippen LogP contribution in [0.5, 0.6) is 0 Å². The zero-order chi connectivity index (χ0) is 16.0. The first kappa shape index (κ1) is 16.0. The monoisotopic (exact) mass is 291 g/mol. The van der Waals surface area contributed by atoms with E-state index in [2.05, 4.69) is 4.98 Å². The third-order valence-electron chi connectivity index (χ3n) is 4.46. The number of aromatic nitrogens is 1. The Morgan fingerprint density at radius 3 is 2.19 bits per heavy atom. The normalized spacial score (nSPS) is 19.7. The molecule has 114 valence electrons. The quantitative estimate of drug-likeness (QED) is 0.614. The number of hydrogen-bond acceptors (Lipinski definition) is 5. The fraction of sp³-hybridized carbons (Fsp3) is 0.600. The minimum absolute atomic E-state index is 0.269. The lowest BCUT2D eigenvalue weighted by molar-refractivity contribution is 0.00578. The summed E-state index contributed by atoms with van der Waals surface area (Å²) in [7, 11) is 0.827. The topological polar surface area (TPSA) is 57.7 Å².